The smallest absolute Gasteiger partial charge is 0.248 e. The van der Waals surface area contributed by atoms with Crippen LogP contribution in [0.1, 0.15) is 57.9 Å². The fraction of sp³-hybridized carbons (Fsp3) is 0.545. The van der Waals surface area contributed by atoms with E-state index in [1.54, 1.807) is 16.7 Å². The Kier molecular flexibility index (Phi) is 9.78. The predicted molar refractivity (Wildman–Crippen MR) is 168 cm³/mol. The molecule has 0 radical (unpaired) electrons. The number of hydrogen-bond donors (Lipinski definition) is 3. The molecule has 3 aliphatic heterocycles. The zero-order valence-electron chi connectivity index (χ0n) is 24.8. The number of aliphatic hydroxyl groups excluding tert-OH is 1. The van der Waals surface area contributed by atoms with Crippen LogP contribution in [0.15, 0.2) is 54.6 Å². The highest BCUT2D eigenvalue weighted by atomic mass is 32.2. The summed E-state index contributed by atoms with van der Waals surface area (Å²) >= 11 is 1.70. The topological polar surface area (TPSA) is 102 Å². The van der Waals surface area contributed by atoms with Crippen molar-refractivity contribution in [3.63, 3.8) is 0 Å². The molecule has 42 heavy (non-hydrogen) atoms. The van der Waals surface area contributed by atoms with Crippen molar-refractivity contribution in [2.75, 3.05) is 36.5 Å². The Bertz CT molecular complexity index is 1240. The molecule has 2 aromatic rings. The number of amides is 3. The van der Waals surface area contributed by atoms with Crippen LogP contribution in [0, 0.1) is 11.8 Å². The Morgan fingerprint density at radius 2 is 1.71 bits per heavy atom. The minimum Gasteiger partial charge on any atom is -0.396 e. The first-order valence-electron chi connectivity index (χ1n) is 15.5. The monoisotopic (exact) mass is 592 g/mol. The van der Waals surface area contributed by atoms with Crippen molar-refractivity contribution in [1.82, 2.24) is 10.2 Å². The molecule has 2 unspecified atom stereocenters. The van der Waals surface area contributed by atoms with Gasteiger partial charge in [0, 0.05) is 49.4 Å². The van der Waals surface area contributed by atoms with Gasteiger partial charge in [0.05, 0.1) is 16.6 Å². The molecular formula is C33H44N4O4S. The van der Waals surface area contributed by atoms with Gasteiger partial charge < -0.3 is 25.5 Å². The van der Waals surface area contributed by atoms with Crippen molar-refractivity contribution in [3.8, 4) is 0 Å². The van der Waals surface area contributed by atoms with E-state index in [9.17, 15) is 14.4 Å². The van der Waals surface area contributed by atoms with Gasteiger partial charge in [-0.15, -0.1) is 11.8 Å². The zero-order valence-corrected chi connectivity index (χ0v) is 25.6. The minimum absolute atomic E-state index is 0.0325. The summed E-state index contributed by atoms with van der Waals surface area (Å²) in [4.78, 5) is 45.9. The average molecular weight is 593 g/mol. The lowest BCUT2D eigenvalue weighted by atomic mass is 9.70. The summed E-state index contributed by atoms with van der Waals surface area (Å²) in [6.07, 6.45) is 4.82. The Hall–Kier alpha value is -3.04. The van der Waals surface area contributed by atoms with Gasteiger partial charge in [-0.25, -0.2) is 0 Å². The van der Waals surface area contributed by atoms with Gasteiger partial charge in [-0.3, -0.25) is 14.4 Å². The second-order valence-electron chi connectivity index (χ2n) is 11.6. The van der Waals surface area contributed by atoms with Gasteiger partial charge in [-0.1, -0.05) is 43.2 Å². The van der Waals surface area contributed by atoms with Crippen molar-refractivity contribution < 1.29 is 19.5 Å². The Balaban J connectivity index is 1.36. The number of nitrogens with one attached hydrogen (secondary N) is 2. The standard InChI is InChI=1S/C33H44N4O4S/c1-3-36(4-2)25-16-14-24(15-17-25)35-31(40)29-33-19-18-26(42-33)27(30(39)34-22-23-12-8-7-9-13-23)28(33)32(41)37(29)20-10-5-6-11-21-38/h7-9,12-17,26-29,38H,3-6,10-11,18-22H2,1-2H3,(H,34,39)(H,35,40)/t26-,27+,28-,29?,33?/m0/s1. The zero-order chi connectivity index (χ0) is 29.7. The van der Waals surface area contributed by atoms with E-state index in [2.05, 4.69) is 29.4 Å². The predicted octanol–water partition coefficient (Wildman–Crippen LogP) is 4.43. The summed E-state index contributed by atoms with van der Waals surface area (Å²) in [5.74, 6) is -1.27. The van der Waals surface area contributed by atoms with Crippen LogP contribution in [0.3, 0.4) is 0 Å². The third-order valence-corrected chi connectivity index (χ3v) is 11.2. The molecule has 5 rings (SSSR count). The van der Waals surface area contributed by atoms with Crippen LogP contribution < -0.4 is 15.5 Å². The molecule has 0 aliphatic carbocycles. The molecule has 9 heteroatoms. The molecule has 3 heterocycles. The number of anilines is 2. The molecule has 8 nitrogen and oxygen atoms in total. The Morgan fingerprint density at radius 1 is 1.00 bits per heavy atom. The van der Waals surface area contributed by atoms with Crippen LogP contribution in [0.2, 0.25) is 0 Å². The summed E-state index contributed by atoms with van der Waals surface area (Å²) in [6.45, 7) is 7.10. The van der Waals surface area contributed by atoms with Gasteiger partial charge in [0.2, 0.25) is 17.7 Å². The molecule has 226 valence electrons. The number of carbonyl (C=O) groups excluding carboxylic acids is 3. The highest BCUT2D eigenvalue weighted by Crippen LogP contribution is 2.66. The van der Waals surface area contributed by atoms with E-state index < -0.39 is 22.6 Å². The maximum atomic E-state index is 14.1. The lowest BCUT2D eigenvalue weighted by Crippen LogP contribution is -2.51. The molecule has 3 amide bonds. The molecule has 1 spiro atoms. The van der Waals surface area contributed by atoms with Crippen LogP contribution >= 0.6 is 11.8 Å². The van der Waals surface area contributed by atoms with Crippen molar-refractivity contribution in [2.45, 2.75) is 75.0 Å². The van der Waals surface area contributed by atoms with Crippen LogP contribution in [0.25, 0.3) is 0 Å². The Morgan fingerprint density at radius 3 is 2.40 bits per heavy atom. The second-order valence-corrected chi connectivity index (χ2v) is 13.2. The summed E-state index contributed by atoms with van der Waals surface area (Å²) in [5.41, 5.74) is 2.83. The van der Waals surface area contributed by atoms with Crippen LogP contribution in [-0.4, -0.2) is 70.0 Å². The third-order valence-electron chi connectivity index (χ3n) is 9.23. The minimum atomic E-state index is -0.628. The van der Waals surface area contributed by atoms with Crippen molar-refractivity contribution in [2.24, 2.45) is 11.8 Å². The number of benzene rings is 2. The van der Waals surface area contributed by atoms with E-state index in [4.69, 9.17) is 5.11 Å². The highest BCUT2D eigenvalue weighted by molar-refractivity contribution is 8.02. The van der Waals surface area contributed by atoms with Crippen molar-refractivity contribution in [1.29, 1.82) is 0 Å². The van der Waals surface area contributed by atoms with Gasteiger partial charge >= 0.3 is 0 Å². The number of likely N-dealkylation sites (tertiary alicyclic amines) is 1. The number of thioether (sulfide) groups is 1. The summed E-state index contributed by atoms with van der Waals surface area (Å²) in [6, 6.07) is 17.1. The normalized spacial score (nSPS) is 25.9. The number of nitrogens with zero attached hydrogens (tertiary/aromatic N) is 2. The molecule has 3 saturated heterocycles. The average Bonchev–Trinajstić information content (AvgIpc) is 3.65. The fourth-order valence-corrected chi connectivity index (χ4v) is 9.42. The highest BCUT2D eigenvalue weighted by Gasteiger charge is 2.73. The number of rotatable bonds is 14. The third kappa shape index (κ3) is 5.91. The van der Waals surface area contributed by atoms with E-state index in [1.807, 2.05) is 54.6 Å². The maximum Gasteiger partial charge on any atom is 0.248 e. The first-order valence-corrected chi connectivity index (χ1v) is 16.4. The van der Waals surface area contributed by atoms with Crippen LogP contribution in [0.5, 0.6) is 0 Å². The summed E-state index contributed by atoms with van der Waals surface area (Å²) < 4.78 is -0.604. The van der Waals surface area contributed by atoms with Crippen molar-refractivity contribution in [3.05, 3.63) is 60.2 Å². The van der Waals surface area contributed by atoms with E-state index in [0.717, 1.165) is 62.9 Å². The van der Waals surface area contributed by atoms with Crippen LogP contribution in [-0.2, 0) is 20.9 Å². The number of hydrogen-bond acceptors (Lipinski definition) is 6. The molecule has 2 bridgehead atoms. The van der Waals surface area contributed by atoms with E-state index in [1.165, 1.54) is 0 Å². The number of unbranched alkanes of at least 4 members (excludes halogenated alkanes) is 3. The van der Waals surface area contributed by atoms with Gasteiger partial charge in [0.25, 0.3) is 0 Å². The lowest BCUT2D eigenvalue weighted by Gasteiger charge is -2.34. The number of carbonyl (C=O) groups is 3. The fourth-order valence-electron chi connectivity index (χ4n) is 7.20. The first kappa shape index (κ1) is 30.4. The number of aliphatic hydroxyl groups is 1. The molecule has 3 fully saturated rings. The van der Waals surface area contributed by atoms with E-state index in [-0.39, 0.29) is 29.6 Å². The SMILES string of the molecule is CCN(CC)c1ccc(NC(=O)C2N(CCCCCCO)C(=O)[C@@H]3[C@H](C(=O)NCc4ccccc4)[C@@H]4CCC23S4)cc1. The maximum absolute atomic E-state index is 14.1. The molecule has 2 aromatic carbocycles. The summed E-state index contributed by atoms with van der Waals surface area (Å²) in [7, 11) is 0. The van der Waals surface area contributed by atoms with E-state index >= 15 is 0 Å². The molecule has 5 atom stereocenters. The second kappa shape index (κ2) is 13.5. The molecule has 0 aromatic heterocycles. The quantitative estimate of drug-likeness (QED) is 0.281. The molecule has 3 aliphatic rings. The Labute approximate surface area is 253 Å². The molecule has 3 N–H and O–H groups in total. The van der Waals surface area contributed by atoms with Gasteiger partial charge in [0.15, 0.2) is 0 Å². The largest absolute Gasteiger partial charge is 0.396 e. The van der Waals surface area contributed by atoms with Gasteiger partial charge in [-0.2, -0.15) is 0 Å². The van der Waals surface area contributed by atoms with Gasteiger partial charge in [-0.05, 0) is 69.4 Å². The lowest BCUT2D eigenvalue weighted by molar-refractivity contribution is -0.139. The van der Waals surface area contributed by atoms with E-state index in [0.29, 0.717) is 18.8 Å². The van der Waals surface area contributed by atoms with Crippen molar-refractivity contribution >= 4 is 40.9 Å². The number of fused-ring (bicyclic) bond motifs is 1. The first-order chi connectivity index (χ1) is 20.4. The molecular weight excluding hydrogens is 548 g/mol. The van der Waals surface area contributed by atoms with Gasteiger partial charge in [0.1, 0.15) is 6.04 Å². The van der Waals surface area contributed by atoms with Crippen LogP contribution in [0.4, 0.5) is 11.4 Å². The molecule has 0 saturated carbocycles. The summed E-state index contributed by atoms with van der Waals surface area (Å²) in [5, 5.41) is 15.4.